The molecule has 0 radical (unpaired) electrons. The Kier molecular flexibility index (Phi) is 4.42. The number of carbonyl (C=O) groups is 1. The molecule has 3 heteroatoms. The van der Waals surface area contributed by atoms with Crippen LogP contribution in [0.3, 0.4) is 0 Å². The van der Waals surface area contributed by atoms with Crippen LogP contribution in [0.2, 0.25) is 0 Å². The number of benzene rings is 2. The lowest BCUT2D eigenvalue weighted by Crippen LogP contribution is -2.29. The molecule has 3 rings (SSSR count). The Morgan fingerprint density at radius 3 is 2.82 bits per heavy atom. The van der Waals surface area contributed by atoms with E-state index in [0.29, 0.717) is 6.61 Å². The van der Waals surface area contributed by atoms with Crippen LogP contribution in [0.25, 0.3) is 0 Å². The highest BCUT2D eigenvalue weighted by Gasteiger charge is 2.22. The van der Waals surface area contributed by atoms with Gasteiger partial charge in [-0.3, -0.25) is 4.79 Å². The van der Waals surface area contributed by atoms with E-state index in [4.69, 9.17) is 4.74 Å². The van der Waals surface area contributed by atoms with Crippen LogP contribution in [0.15, 0.2) is 48.5 Å². The van der Waals surface area contributed by atoms with Crippen LogP contribution in [0.5, 0.6) is 5.75 Å². The van der Waals surface area contributed by atoms with Gasteiger partial charge in [0, 0.05) is 11.1 Å². The van der Waals surface area contributed by atoms with Crippen molar-refractivity contribution >= 4 is 5.91 Å². The zero-order valence-electron chi connectivity index (χ0n) is 12.8. The first-order valence-electron chi connectivity index (χ1n) is 7.90. The van der Waals surface area contributed by atoms with Crippen LogP contribution >= 0.6 is 0 Å². The molecule has 0 aliphatic carbocycles. The molecule has 1 amide bonds. The van der Waals surface area contributed by atoms with Gasteiger partial charge in [-0.25, -0.2) is 0 Å². The normalized spacial score (nSPS) is 17.0. The van der Waals surface area contributed by atoms with Crippen molar-refractivity contribution in [3.05, 3.63) is 65.2 Å². The predicted molar refractivity (Wildman–Crippen MR) is 87.2 cm³/mol. The van der Waals surface area contributed by atoms with Gasteiger partial charge in [0.1, 0.15) is 5.75 Å². The third kappa shape index (κ3) is 2.98. The lowest BCUT2D eigenvalue weighted by Gasteiger charge is -2.19. The van der Waals surface area contributed by atoms with Crippen molar-refractivity contribution in [2.75, 3.05) is 6.61 Å². The van der Waals surface area contributed by atoms with Gasteiger partial charge >= 0.3 is 0 Å². The number of hydrogen-bond acceptors (Lipinski definition) is 2. The van der Waals surface area contributed by atoms with Crippen molar-refractivity contribution in [1.82, 2.24) is 5.32 Å². The van der Waals surface area contributed by atoms with Crippen molar-refractivity contribution in [2.45, 2.75) is 32.2 Å². The number of carbonyl (C=O) groups excluding carboxylic acids is 1. The van der Waals surface area contributed by atoms with E-state index in [1.165, 1.54) is 0 Å². The average Bonchev–Trinajstić information content (AvgIpc) is 2.77. The lowest BCUT2D eigenvalue weighted by molar-refractivity contribution is 0.0934. The van der Waals surface area contributed by atoms with Crippen molar-refractivity contribution in [1.29, 1.82) is 0 Å². The first kappa shape index (κ1) is 14.6. The van der Waals surface area contributed by atoms with E-state index < -0.39 is 0 Å². The van der Waals surface area contributed by atoms with Crippen LogP contribution in [0.4, 0.5) is 0 Å². The molecule has 2 aromatic rings. The molecule has 114 valence electrons. The predicted octanol–water partition coefficient (Wildman–Crippen LogP) is 3.89. The van der Waals surface area contributed by atoms with Crippen LogP contribution in [-0.4, -0.2) is 12.5 Å². The molecular formula is C19H21NO2. The smallest absolute Gasteiger partial charge is 0.252 e. The second-order valence-corrected chi connectivity index (χ2v) is 5.57. The van der Waals surface area contributed by atoms with Gasteiger partial charge in [-0.1, -0.05) is 43.3 Å². The molecule has 0 saturated heterocycles. The lowest BCUT2D eigenvalue weighted by atomic mass is 10.00. The number of fused-ring (bicyclic) bond motifs is 1. The number of ether oxygens (including phenoxy) is 1. The number of nitrogens with one attached hydrogen (secondary N) is 1. The topological polar surface area (TPSA) is 38.3 Å². The van der Waals surface area contributed by atoms with Gasteiger partial charge in [0.15, 0.2) is 0 Å². The van der Waals surface area contributed by atoms with Crippen molar-refractivity contribution in [3.63, 3.8) is 0 Å². The minimum absolute atomic E-state index is 0.000784. The third-order valence-corrected chi connectivity index (χ3v) is 4.14. The number of para-hydroxylation sites is 1. The molecular weight excluding hydrogens is 274 g/mol. The molecule has 2 aromatic carbocycles. The molecule has 0 bridgehead atoms. The highest BCUT2D eigenvalue weighted by molar-refractivity contribution is 5.96. The molecule has 1 aliphatic heterocycles. The molecule has 0 saturated carbocycles. The highest BCUT2D eigenvalue weighted by Crippen LogP contribution is 2.31. The van der Waals surface area contributed by atoms with Gasteiger partial charge in [-0.05, 0) is 37.0 Å². The Morgan fingerprint density at radius 1 is 1.18 bits per heavy atom. The van der Waals surface area contributed by atoms with Gasteiger partial charge in [0.05, 0.1) is 12.6 Å². The van der Waals surface area contributed by atoms with Gasteiger partial charge in [-0.2, -0.15) is 0 Å². The van der Waals surface area contributed by atoms with E-state index in [1.54, 1.807) is 0 Å². The van der Waals surface area contributed by atoms with E-state index in [1.807, 2.05) is 48.5 Å². The number of rotatable bonds is 3. The van der Waals surface area contributed by atoms with Crippen LogP contribution in [0, 0.1) is 0 Å². The van der Waals surface area contributed by atoms with Crippen LogP contribution < -0.4 is 10.1 Å². The molecule has 0 spiro atoms. The van der Waals surface area contributed by atoms with E-state index >= 15 is 0 Å². The van der Waals surface area contributed by atoms with Gasteiger partial charge < -0.3 is 10.1 Å². The zero-order valence-corrected chi connectivity index (χ0v) is 12.8. The first-order chi connectivity index (χ1) is 10.8. The van der Waals surface area contributed by atoms with Crippen molar-refractivity contribution in [3.8, 4) is 5.75 Å². The summed E-state index contributed by atoms with van der Waals surface area (Å²) in [7, 11) is 0. The molecule has 22 heavy (non-hydrogen) atoms. The summed E-state index contributed by atoms with van der Waals surface area (Å²) in [5, 5.41) is 3.19. The molecule has 0 aromatic heterocycles. The Hall–Kier alpha value is -2.29. The molecule has 3 nitrogen and oxygen atoms in total. The number of amides is 1. The summed E-state index contributed by atoms with van der Waals surface area (Å²) in [6, 6.07) is 15.8. The molecule has 1 N–H and O–H groups in total. The summed E-state index contributed by atoms with van der Waals surface area (Å²) in [5.74, 6) is 0.883. The monoisotopic (exact) mass is 295 g/mol. The fourth-order valence-electron chi connectivity index (χ4n) is 2.96. The second kappa shape index (κ2) is 6.65. The van der Waals surface area contributed by atoms with Gasteiger partial charge in [0.25, 0.3) is 5.91 Å². The highest BCUT2D eigenvalue weighted by atomic mass is 16.5. The van der Waals surface area contributed by atoms with Crippen LogP contribution in [0.1, 0.15) is 47.3 Å². The van der Waals surface area contributed by atoms with E-state index in [-0.39, 0.29) is 11.9 Å². The Balaban J connectivity index is 1.85. The van der Waals surface area contributed by atoms with Crippen LogP contribution in [-0.2, 0) is 6.42 Å². The minimum Gasteiger partial charge on any atom is -0.493 e. The van der Waals surface area contributed by atoms with Crippen molar-refractivity contribution in [2.24, 2.45) is 0 Å². The number of hydrogen-bond donors (Lipinski definition) is 1. The van der Waals surface area contributed by atoms with E-state index in [9.17, 15) is 4.79 Å². The maximum Gasteiger partial charge on any atom is 0.252 e. The molecule has 0 unspecified atom stereocenters. The molecule has 1 atom stereocenters. The summed E-state index contributed by atoms with van der Waals surface area (Å²) in [4.78, 5) is 12.7. The zero-order chi connectivity index (χ0) is 15.4. The van der Waals surface area contributed by atoms with E-state index in [2.05, 4.69) is 12.2 Å². The second-order valence-electron chi connectivity index (χ2n) is 5.57. The molecule has 1 heterocycles. The van der Waals surface area contributed by atoms with Gasteiger partial charge in [-0.15, -0.1) is 0 Å². The maximum atomic E-state index is 12.7. The fourth-order valence-corrected chi connectivity index (χ4v) is 2.96. The SMILES string of the molecule is CCc1ccccc1C(=O)N[C@H]1CCCOc2ccccc21. The van der Waals surface area contributed by atoms with Gasteiger partial charge in [0.2, 0.25) is 0 Å². The van der Waals surface area contributed by atoms with E-state index in [0.717, 1.165) is 41.7 Å². The summed E-state index contributed by atoms with van der Waals surface area (Å²) in [5.41, 5.74) is 2.92. The Bertz CT molecular complexity index is 666. The third-order valence-electron chi connectivity index (χ3n) is 4.14. The maximum absolute atomic E-state index is 12.7. The summed E-state index contributed by atoms with van der Waals surface area (Å²) < 4.78 is 5.76. The first-order valence-corrected chi connectivity index (χ1v) is 7.90. The summed E-state index contributed by atoms with van der Waals surface area (Å²) >= 11 is 0. The standard InChI is InChI=1S/C19H21NO2/c1-2-14-8-3-4-9-15(14)19(21)20-17-11-7-13-22-18-12-6-5-10-16(17)18/h3-6,8-10,12,17H,2,7,11,13H2,1H3,(H,20,21)/t17-/m0/s1. The fraction of sp³-hybridized carbons (Fsp3) is 0.316. The molecule has 0 fully saturated rings. The molecule has 1 aliphatic rings. The Labute approximate surface area is 131 Å². The summed E-state index contributed by atoms with van der Waals surface area (Å²) in [6.07, 6.45) is 2.69. The summed E-state index contributed by atoms with van der Waals surface area (Å²) in [6.45, 7) is 2.77. The minimum atomic E-state index is -0.000784. The number of aryl methyl sites for hydroxylation is 1. The largest absolute Gasteiger partial charge is 0.493 e. The van der Waals surface area contributed by atoms with Crippen molar-refractivity contribution < 1.29 is 9.53 Å². The average molecular weight is 295 g/mol. The quantitative estimate of drug-likeness (QED) is 0.933. The Morgan fingerprint density at radius 2 is 1.95 bits per heavy atom.